The number of piperidine rings is 1. The number of amides is 2. The first kappa shape index (κ1) is 16.2. The Labute approximate surface area is 141 Å². The average molecular weight is 339 g/mol. The van der Waals surface area contributed by atoms with E-state index >= 15 is 0 Å². The molecule has 1 aromatic carbocycles. The lowest BCUT2D eigenvalue weighted by Gasteiger charge is -2.31. The molecule has 1 fully saturated rings. The smallest absolute Gasteiger partial charge is 0.317 e. The molecule has 0 aliphatic carbocycles. The standard InChI is InChI=1S/C17H23ClN2O3/c1-12-3-2-6-20(11-12)17(21)19-5-4-13-9-14(18)16-15(10-13)22-7-8-23-16/h9-10,12H,2-8,11H2,1H3,(H,19,21). The second-order valence-electron chi connectivity index (χ2n) is 6.28. The van der Waals surface area contributed by atoms with E-state index < -0.39 is 0 Å². The average Bonchev–Trinajstić information content (AvgIpc) is 2.55. The summed E-state index contributed by atoms with van der Waals surface area (Å²) < 4.78 is 11.1. The molecule has 126 valence electrons. The molecule has 0 aromatic heterocycles. The zero-order chi connectivity index (χ0) is 16.2. The van der Waals surface area contributed by atoms with Gasteiger partial charge in [0, 0.05) is 19.6 Å². The molecule has 1 N–H and O–H groups in total. The van der Waals surface area contributed by atoms with Crippen LogP contribution in [-0.4, -0.2) is 43.8 Å². The van der Waals surface area contributed by atoms with Crippen LogP contribution in [0, 0.1) is 5.92 Å². The number of fused-ring (bicyclic) bond motifs is 1. The van der Waals surface area contributed by atoms with Crippen molar-refractivity contribution in [3.05, 3.63) is 22.7 Å². The highest BCUT2D eigenvalue weighted by atomic mass is 35.5. The zero-order valence-corrected chi connectivity index (χ0v) is 14.2. The highest BCUT2D eigenvalue weighted by Gasteiger charge is 2.21. The van der Waals surface area contributed by atoms with Gasteiger partial charge in [0.25, 0.3) is 0 Å². The molecule has 2 heterocycles. The minimum atomic E-state index is 0.0280. The fourth-order valence-corrected chi connectivity index (χ4v) is 3.40. The molecule has 5 nitrogen and oxygen atoms in total. The Kier molecular flexibility index (Phi) is 5.16. The van der Waals surface area contributed by atoms with Crippen LogP contribution < -0.4 is 14.8 Å². The van der Waals surface area contributed by atoms with Crippen molar-refractivity contribution in [3.63, 3.8) is 0 Å². The van der Waals surface area contributed by atoms with Crippen molar-refractivity contribution in [3.8, 4) is 11.5 Å². The molecular weight excluding hydrogens is 316 g/mol. The van der Waals surface area contributed by atoms with Crippen molar-refractivity contribution in [2.24, 2.45) is 5.92 Å². The van der Waals surface area contributed by atoms with Crippen molar-refractivity contribution in [1.82, 2.24) is 10.2 Å². The molecule has 2 aliphatic rings. The third-order valence-electron chi connectivity index (χ3n) is 4.29. The summed E-state index contributed by atoms with van der Waals surface area (Å²) in [5.74, 6) is 1.90. The number of nitrogens with zero attached hydrogens (tertiary/aromatic N) is 1. The van der Waals surface area contributed by atoms with Crippen molar-refractivity contribution < 1.29 is 14.3 Å². The van der Waals surface area contributed by atoms with E-state index in [0.29, 0.717) is 48.6 Å². The van der Waals surface area contributed by atoms with Crippen LogP contribution in [-0.2, 0) is 6.42 Å². The highest BCUT2D eigenvalue weighted by Crippen LogP contribution is 2.38. The Morgan fingerprint density at radius 3 is 3.04 bits per heavy atom. The van der Waals surface area contributed by atoms with Crippen LogP contribution in [0.5, 0.6) is 11.5 Å². The van der Waals surface area contributed by atoms with Crippen LogP contribution >= 0.6 is 11.6 Å². The summed E-state index contributed by atoms with van der Waals surface area (Å²) in [4.78, 5) is 14.1. The Hall–Kier alpha value is -1.62. The van der Waals surface area contributed by atoms with Gasteiger partial charge in [-0.1, -0.05) is 18.5 Å². The zero-order valence-electron chi connectivity index (χ0n) is 13.4. The van der Waals surface area contributed by atoms with E-state index in [1.165, 1.54) is 6.42 Å². The molecule has 2 amide bonds. The maximum absolute atomic E-state index is 12.2. The van der Waals surface area contributed by atoms with Gasteiger partial charge in [-0.05, 0) is 42.9 Å². The summed E-state index contributed by atoms with van der Waals surface area (Å²) in [6, 6.07) is 3.85. The number of rotatable bonds is 3. The summed E-state index contributed by atoms with van der Waals surface area (Å²) in [5.41, 5.74) is 1.03. The maximum atomic E-state index is 12.2. The second-order valence-corrected chi connectivity index (χ2v) is 6.68. The monoisotopic (exact) mass is 338 g/mol. The van der Waals surface area contributed by atoms with E-state index in [1.807, 2.05) is 17.0 Å². The number of carbonyl (C=O) groups excluding carboxylic acids is 1. The number of hydrogen-bond acceptors (Lipinski definition) is 3. The summed E-state index contributed by atoms with van der Waals surface area (Å²) in [5, 5.41) is 3.56. The van der Waals surface area contributed by atoms with Crippen LogP contribution in [0.25, 0.3) is 0 Å². The van der Waals surface area contributed by atoms with Gasteiger partial charge in [-0.2, -0.15) is 0 Å². The normalized spacial score (nSPS) is 20.3. The van der Waals surface area contributed by atoms with E-state index in [4.69, 9.17) is 21.1 Å². The van der Waals surface area contributed by atoms with Crippen LogP contribution in [0.3, 0.4) is 0 Å². The van der Waals surface area contributed by atoms with Crippen molar-refractivity contribution >= 4 is 17.6 Å². The Bertz CT molecular complexity index is 579. The SMILES string of the molecule is CC1CCCN(C(=O)NCCc2cc(Cl)c3c(c2)OCCO3)C1. The Morgan fingerprint density at radius 2 is 2.22 bits per heavy atom. The Balaban J connectivity index is 1.52. The van der Waals surface area contributed by atoms with Gasteiger partial charge in [-0.3, -0.25) is 0 Å². The summed E-state index contributed by atoms with van der Waals surface area (Å²) in [6.45, 7) is 5.54. The molecule has 1 unspecified atom stereocenters. The third-order valence-corrected chi connectivity index (χ3v) is 4.57. The van der Waals surface area contributed by atoms with Gasteiger partial charge in [0.15, 0.2) is 11.5 Å². The van der Waals surface area contributed by atoms with E-state index in [2.05, 4.69) is 12.2 Å². The molecular formula is C17H23ClN2O3. The second kappa shape index (κ2) is 7.30. The lowest BCUT2D eigenvalue weighted by molar-refractivity contribution is 0.169. The number of urea groups is 1. The first-order valence-corrected chi connectivity index (χ1v) is 8.62. The van der Waals surface area contributed by atoms with Gasteiger partial charge in [0.2, 0.25) is 0 Å². The number of carbonyl (C=O) groups is 1. The van der Waals surface area contributed by atoms with E-state index in [9.17, 15) is 4.79 Å². The minimum absolute atomic E-state index is 0.0280. The topological polar surface area (TPSA) is 50.8 Å². The number of ether oxygens (including phenoxy) is 2. The van der Waals surface area contributed by atoms with Gasteiger partial charge in [-0.15, -0.1) is 0 Å². The molecule has 6 heteroatoms. The van der Waals surface area contributed by atoms with Crippen LogP contribution in [0.4, 0.5) is 4.79 Å². The number of likely N-dealkylation sites (tertiary alicyclic amines) is 1. The number of hydrogen-bond donors (Lipinski definition) is 1. The van der Waals surface area contributed by atoms with E-state index in [1.54, 1.807) is 0 Å². The molecule has 2 aliphatic heterocycles. The summed E-state index contributed by atoms with van der Waals surface area (Å²) >= 11 is 6.23. The van der Waals surface area contributed by atoms with Gasteiger partial charge in [-0.25, -0.2) is 4.79 Å². The molecule has 1 saturated heterocycles. The highest BCUT2D eigenvalue weighted by molar-refractivity contribution is 6.32. The largest absolute Gasteiger partial charge is 0.486 e. The van der Waals surface area contributed by atoms with Crippen LogP contribution in [0.15, 0.2) is 12.1 Å². The van der Waals surface area contributed by atoms with Crippen LogP contribution in [0.1, 0.15) is 25.3 Å². The lowest BCUT2D eigenvalue weighted by atomic mass is 10.0. The molecule has 0 radical (unpaired) electrons. The van der Waals surface area contributed by atoms with Gasteiger partial charge >= 0.3 is 6.03 Å². The predicted octanol–water partition coefficient (Wildman–Crippen LogP) is 3.10. The predicted molar refractivity (Wildman–Crippen MR) is 89.5 cm³/mol. The molecule has 0 spiro atoms. The van der Waals surface area contributed by atoms with Gasteiger partial charge in [0.05, 0.1) is 5.02 Å². The summed E-state index contributed by atoms with van der Waals surface area (Å²) in [6.07, 6.45) is 3.01. The molecule has 0 saturated carbocycles. The maximum Gasteiger partial charge on any atom is 0.317 e. The van der Waals surface area contributed by atoms with E-state index in [0.717, 1.165) is 25.1 Å². The lowest BCUT2D eigenvalue weighted by Crippen LogP contribution is -2.45. The van der Waals surface area contributed by atoms with Gasteiger partial charge in [0.1, 0.15) is 13.2 Å². The van der Waals surface area contributed by atoms with Crippen LogP contribution in [0.2, 0.25) is 5.02 Å². The summed E-state index contributed by atoms with van der Waals surface area (Å²) in [7, 11) is 0. The first-order chi connectivity index (χ1) is 11.1. The first-order valence-electron chi connectivity index (χ1n) is 8.24. The van der Waals surface area contributed by atoms with Crippen molar-refractivity contribution in [2.45, 2.75) is 26.2 Å². The van der Waals surface area contributed by atoms with E-state index in [-0.39, 0.29) is 6.03 Å². The molecule has 1 aromatic rings. The van der Waals surface area contributed by atoms with Crippen molar-refractivity contribution in [2.75, 3.05) is 32.8 Å². The molecule has 23 heavy (non-hydrogen) atoms. The number of halogens is 1. The number of benzene rings is 1. The molecule has 0 bridgehead atoms. The minimum Gasteiger partial charge on any atom is -0.486 e. The molecule has 1 atom stereocenters. The quantitative estimate of drug-likeness (QED) is 0.921. The van der Waals surface area contributed by atoms with Gasteiger partial charge < -0.3 is 19.7 Å². The fraction of sp³-hybridized carbons (Fsp3) is 0.588. The Morgan fingerprint density at radius 1 is 1.39 bits per heavy atom. The third kappa shape index (κ3) is 4.02. The fourth-order valence-electron chi connectivity index (χ4n) is 3.11. The van der Waals surface area contributed by atoms with Crippen molar-refractivity contribution in [1.29, 1.82) is 0 Å². The molecule has 3 rings (SSSR count). The number of nitrogens with one attached hydrogen (secondary N) is 1.